The number of nitrogens with zero attached hydrogens (tertiary/aromatic N) is 1. The van der Waals surface area contributed by atoms with Crippen molar-refractivity contribution in [1.29, 1.82) is 0 Å². The van der Waals surface area contributed by atoms with E-state index in [4.69, 9.17) is 0 Å². The molecule has 0 aromatic rings. The zero-order valence-corrected chi connectivity index (χ0v) is 11.4. The van der Waals surface area contributed by atoms with Crippen LogP contribution in [-0.4, -0.2) is 33.8 Å². The lowest BCUT2D eigenvalue weighted by molar-refractivity contribution is -0.156. The average molecular weight is 267 g/mol. The fourth-order valence-corrected chi connectivity index (χ4v) is 3.39. The molecule has 1 spiro atoms. The molecule has 5 nitrogen and oxygen atoms in total. The first-order valence-electron chi connectivity index (χ1n) is 7.11. The maximum absolute atomic E-state index is 12.6. The second-order valence-electron chi connectivity index (χ2n) is 5.73. The number of carboxylic acids is 1. The Balaban J connectivity index is 2.24. The highest BCUT2D eigenvalue weighted by Gasteiger charge is 2.54. The van der Waals surface area contributed by atoms with Crippen LogP contribution in [0.2, 0.25) is 0 Å². The standard InChI is InChI=1S/C14H21NO4/c1-2-6-10(12(17)18)15-11(16)9-14(13(15)19)7-4-3-5-8-14/h10H,2-9H2,1H3,(H,17,18). The molecule has 1 atom stereocenters. The zero-order valence-electron chi connectivity index (χ0n) is 11.4. The third-order valence-corrected chi connectivity index (χ3v) is 4.40. The lowest BCUT2D eigenvalue weighted by Gasteiger charge is -2.31. The molecule has 5 heteroatoms. The first-order valence-corrected chi connectivity index (χ1v) is 7.11. The van der Waals surface area contributed by atoms with Crippen LogP contribution in [0.25, 0.3) is 0 Å². The van der Waals surface area contributed by atoms with E-state index in [9.17, 15) is 19.5 Å². The van der Waals surface area contributed by atoms with E-state index in [-0.39, 0.29) is 18.2 Å². The average Bonchev–Trinajstić information content (AvgIpc) is 2.60. The topological polar surface area (TPSA) is 74.7 Å². The summed E-state index contributed by atoms with van der Waals surface area (Å²) in [5, 5.41) is 9.24. The van der Waals surface area contributed by atoms with Crippen molar-refractivity contribution in [3.8, 4) is 0 Å². The lowest BCUT2D eigenvalue weighted by Crippen LogP contribution is -2.47. The third-order valence-electron chi connectivity index (χ3n) is 4.40. The van der Waals surface area contributed by atoms with Crippen molar-refractivity contribution in [2.75, 3.05) is 0 Å². The number of carboxylic acid groups (broad SMARTS) is 1. The van der Waals surface area contributed by atoms with Crippen molar-refractivity contribution in [2.24, 2.45) is 5.41 Å². The SMILES string of the molecule is CCCC(C(=O)O)N1C(=O)CC2(CCCCC2)C1=O. The summed E-state index contributed by atoms with van der Waals surface area (Å²) in [7, 11) is 0. The smallest absolute Gasteiger partial charge is 0.326 e. The van der Waals surface area contributed by atoms with Crippen LogP contribution in [0, 0.1) is 5.41 Å². The van der Waals surface area contributed by atoms with Crippen molar-refractivity contribution in [3.63, 3.8) is 0 Å². The van der Waals surface area contributed by atoms with Crippen LogP contribution >= 0.6 is 0 Å². The Bertz CT molecular complexity index is 398. The molecule has 0 radical (unpaired) electrons. The Labute approximate surface area is 113 Å². The number of carbonyl (C=O) groups excluding carboxylic acids is 2. The fourth-order valence-electron chi connectivity index (χ4n) is 3.39. The Kier molecular flexibility index (Phi) is 3.92. The largest absolute Gasteiger partial charge is 0.480 e. The highest BCUT2D eigenvalue weighted by Crippen LogP contribution is 2.46. The summed E-state index contributed by atoms with van der Waals surface area (Å²) in [4.78, 5) is 37.0. The normalized spacial score (nSPS) is 23.9. The molecule has 0 aromatic carbocycles. The predicted octanol–water partition coefficient (Wildman–Crippen LogP) is 1.95. The number of carbonyl (C=O) groups is 3. The lowest BCUT2D eigenvalue weighted by atomic mass is 9.73. The molecule has 2 fully saturated rings. The molecular formula is C14H21NO4. The molecule has 1 N–H and O–H groups in total. The van der Waals surface area contributed by atoms with Gasteiger partial charge in [0, 0.05) is 6.42 Å². The summed E-state index contributed by atoms with van der Waals surface area (Å²) >= 11 is 0. The van der Waals surface area contributed by atoms with E-state index >= 15 is 0 Å². The van der Waals surface area contributed by atoms with Gasteiger partial charge >= 0.3 is 5.97 Å². The molecular weight excluding hydrogens is 246 g/mol. The van der Waals surface area contributed by atoms with Crippen molar-refractivity contribution >= 4 is 17.8 Å². The number of hydrogen-bond donors (Lipinski definition) is 1. The number of rotatable bonds is 4. The Morgan fingerprint density at radius 2 is 1.95 bits per heavy atom. The summed E-state index contributed by atoms with van der Waals surface area (Å²) in [5.74, 6) is -1.61. The van der Waals surface area contributed by atoms with Crippen molar-refractivity contribution in [3.05, 3.63) is 0 Å². The molecule has 0 bridgehead atoms. The second kappa shape index (κ2) is 5.31. The van der Waals surface area contributed by atoms with Crippen LogP contribution in [0.1, 0.15) is 58.3 Å². The molecule has 1 saturated heterocycles. The van der Waals surface area contributed by atoms with E-state index in [0.29, 0.717) is 12.8 Å². The quantitative estimate of drug-likeness (QED) is 0.790. The summed E-state index contributed by atoms with van der Waals surface area (Å²) in [6.07, 6.45) is 5.65. The van der Waals surface area contributed by atoms with E-state index in [2.05, 4.69) is 0 Å². The number of imide groups is 1. The monoisotopic (exact) mass is 267 g/mol. The van der Waals surface area contributed by atoms with E-state index in [1.54, 1.807) is 0 Å². The summed E-state index contributed by atoms with van der Waals surface area (Å²) in [6.45, 7) is 1.86. The fraction of sp³-hybridized carbons (Fsp3) is 0.786. The van der Waals surface area contributed by atoms with E-state index in [1.807, 2.05) is 6.92 Å². The third kappa shape index (κ3) is 2.38. The van der Waals surface area contributed by atoms with E-state index < -0.39 is 17.4 Å². The molecule has 1 aliphatic carbocycles. The van der Waals surface area contributed by atoms with Gasteiger partial charge in [0.05, 0.1) is 5.41 Å². The first-order chi connectivity index (χ1) is 9.02. The number of aliphatic carboxylic acids is 1. The number of hydrogen-bond acceptors (Lipinski definition) is 3. The molecule has 106 valence electrons. The van der Waals surface area contributed by atoms with Gasteiger partial charge in [-0.3, -0.25) is 14.5 Å². The number of amides is 2. The molecule has 0 aromatic heterocycles. The Morgan fingerprint density at radius 3 is 2.47 bits per heavy atom. The van der Waals surface area contributed by atoms with Crippen molar-refractivity contribution < 1.29 is 19.5 Å². The minimum absolute atomic E-state index is 0.208. The van der Waals surface area contributed by atoms with Gasteiger partial charge in [0.1, 0.15) is 6.04 Å². The van der Waals surface area contributed by atoms with Gasteiger partial charge in [0.25, 0.3) is 0 Å². The van der Waals surface area contributed by atoms with Crippen LogP contribution in [0.3, 0.4) is 0 Å². The minimum Gasteiger partial charge on any atom is -0.480 e. The first kappa shape index (κ1) is 14.0. The molecule has 1 aliphatic heterocycles. The van der Waals surface area contributed by atoms with Crippen LogP contribution in [0.15, 0.2) is 0 Å². The van der Waals surface area contributed by atoms with Gasteiger partial charge in [-0.1, -0.05) is 32.6 Å². The second-order valence-corrected chi connectivity index (χ2v) is 5.73. The highest BCUT2D eigenvalue weighted by molar-refractivity contribution is 6.08. The minimum atomic E-state index is -1.07. The molecule has 1 heterocycles. The molecule has 19 heavy (non-hydrogen) atoms. The summed E-state index contributed by atoms with van der Waals surface area (Å²) < 4.78 is 0. The van der Waals surface area contributed by atoms with Gasteiger partial charge < -0.3 is 5.11 Å². The van der Waals surface area contributed by atoms with Crippen LogP contribution in [0.5, 0.6) is 0 Å². The van der Waals surface area contributed by atoms with Crippen LogP contribution in [0.4, 0.5) is 0 Å². The molecule has 1 saturated carbocycles. The maximum Gasteiger partial charge on any atom is 0.326 e. The molecule has 2 aliphatic rings. The Hall–Kier alpha value is -1.39. The predicted molar refractivity (Wildman–Crippen MR) is 68.3 cm³/mol. The number of likely N-dealkylation sites (tertiary alicyclic amines) is 1. The van der Waals surface area contributed by atoms with Gasteiger partial charge in [-0.2, -0.15) is 0 Å². The van der Waals surface area contributed by atoms with Gasteiger partial charge in [-0.25, -0.2) is 4.79 Å². The van der Waals surface area contributed by atoms with Gasteiger partial charge in [0.2, 0.25) is 11.8 Å². The van der Waals surface area contributed by atoms with Crippen molar-refractivity contribution in [2.45, 2.75) is 64.3 Å². The maximum atomic E-state index is 12.6. The summed E-state index contributed by atoms with van der Waals surface area (Å²) in [6, 6.07) is -0.980. The van der Waals surface area contributed by atoms with Gasteiger partial charge in [-0.15, -0.1) is 0 Å². The van der Waals surface area contributed by atoms with E-state index in [1.165, 1.54) is 0 Å². The van der Waals surface area contributed by atoms with Crippen molar-refractivity contribution in [1.82, 2.24) is 4.90 Å². The highest BCUT2D eigenvalue weighted by atomic mass is 16.4. The molecule has 2 amide bonds. The van der Waals surface area contributed by atoms with Gasteiger partial charge in [0.15, 0.2) is 0 Å². The van der Waals surface area contributed by atoms with Crippen LogP contribution in [-0.2, 0) is 14.4 Å². The van der Waals surface area contributed by atoms with Crippen LogP contribution < -0.4 is 0 Å². The van der Waals surface area contributed by atoms with Gasteiger partial charge in [-0.05, 0) is 19.3 Å². The molecule has 1 unspecified atom stereocenters. The molecule has 2 rings (SSSR count). The zero-order chi connectivity index (χ0) is 14.0. The Morgan fingerprint density at radius 1 is 1.32 bits per heavy atom. The summed E-state index contributed by atoms with van der Waals surface area (Å²) in [5.41, 5.74) is -0.587. The van der Waals surface area contributed by atoms with E-state index in [0.717, 1.165) is 37.0 Å².